The van der Waals surface area contributed by atoms with Gasteiger partial charge in [-0.2, -0.15) is 0 Å². The van der Waals surface area contributed by atoms with E-state index in [0.717, 1.165) is 48.3 Å². The molecule has 0 radical (unpaired) electrons. The van der Waals surface area contributed by atoms with Gasteiger partial charge >= 0.3 is 0 Å². The molecule has 0 aliphatic carbocycles. The second kappa shape index (κ2) is 11.6. The van der Waals surface area contributed by atoms with Crippen molar-refractivity contribution in [2.75, 3.05) is 23.3 Å². The molecule has 1 aliphatic heterocycles. The van der Waals surface area contributed by atoms with Crippen LogP contribution in [0.15, 0.2) is 79.0 Å². The van der Waals surface area contributed by atoms with Gasteiger partial charge in [0.1, 0.15) is 5.69 Å². The van der Waals surface area contributed by atoms with Crippen LogP contribution in [0.4, 0.5) is 11.4 Å². The van der Waals surface area contributed by atoms with Crippen molar-refractivity contribution in [2.24, 2.45) is 7.05 Å². The first-order chi connectivity index (χ1) is 18.9. The Hall–Kier alpha value is -4.32. The van der Waals surface area contributed by atoms with Crippen LogP contribution in [0.5, 0.6) is 0 Å². The third-order valence-electron chi connectivity index (χ3n) is 7.44. The van der Waals surface area contributed by atoms with Crippen LogP contribution in [-0.2, 0) is 13.6 Å². The fourth-order valence-corrected chi connectivity index (χ4v) is 5.27. The first-order valence-electron chi connectivity index (χ1n) is 13.7. The topological polar surface area (TPSA) is 66.4 Å². The molecule has 1 aliphatic rings. The number of rotatable bonds is 7. The van der Waals surface area contributed by atoms with E-state index >= 15 is 0 Å². The number of carbonyl (C=O) groups excluding carboxylic acids is 2. The molecule has 4 aromatic rings. The number of anilines is 2. The molecular weight excluding hydrogens is 484 g/mol. The predicted molar refractivity (Wildman–Crippen MR) is 158 cm³/mol. The molecule has 1 fully saturated rings. The van der Waals surface area contributed by atoms with Crippen LogP contribution in [0.1, 0.15) is 56.8 Å². The van der Waals surface area contributed by atoms with Gasteiger partial charge in [0.15, 0.2) is 0 Å². The highest BCUT2D eigenvalue weighted by Crippen LogP contribution is 2.29. The number of aromatic nitrogens is 1. The molecule has 0 unspecified atom stereocenters. The Morgan fingerprint density at radius 2 is 1.49 bits per heavy atom. The Balaban J connectivity index is 1.23. The molecule has 2 heterocycles. The lowest BCUT2D eigenvalue weighted by Gasteiger charge is -2.31. The number of amides is 2. The predicted octanol–water partition coefficient (Wildman–Crippen LogP) is 6.48. The minimum Gasteiger partial charge on any atom is -0.371 e. The van der Waals surface area contributed by atoms with Gasteiger partial charge in [-0.3, -0.25) is 9.59 Å². The zero-order valence-corrected chi connectivity index (χ0v) is 23.0. The highest BCUT2D eigenvalue weighted by atomic mass is 16.2. The van der Waals surface area contributed by atoms with Gasteiger partial charge < -0.3 is 20.1 Å². The van der Waals surface area contributed by atoms with E-state index in [1.54, 1.807) is 16.8 Å². The smallest absolute Gasteiger partial charge is 0.268 e. The maximum atomic E-state index is 13.3. The molecule has 5 rings (SSSR count). The SMILES string of the molecule is Cc1ccc(-c2ccc(CNC(=O)c3cc(NC(=O)c4cccc(C)c4N4CCCCC4)cn3C)cc2)cc1. The van der Waals surface area contributed by atoms with E-state index in [1.807, 2.05) is 31.3 Å². The fourth-order valence-electron chi connectivity index (χ4n) is 5.27. The summed E-state index contributed by atoms with van der Waals surface area (Å²) >= 11 is 0. The van der Waals surface area contributed by atoms with Crippen molar-refractivity contribution in [3.63, 3.8) is 0 Å². The maximum Gasteiger partial charge on any atom is 0.268 e. The van der Waals surface area contributed by atoms with E-state index in [1.165, 1.54) is 17.5 Å². The zero-order valence-electron chi connectivity index (χ0n) is 23.0. The van der Waals surface area contributed by atoms with Crippen LogP contribution in [0.25, 0.3) is 11.1 Å². The fraction of sp³-hybridized carbons (Fsp3) is 0.273. The minimum atomic E-state index is -0.190. The number of carbonyl (C=O) groups is 2. The number of nitrogens with one attached hydrogen (secondary N) is 2. The molecule has 0 saturated carbocycles. The highest BCUT2D eigenvalue weighted by molar-refractivity contribution is 6.09. The molecule has 3 aromatic carbocycles. The number of piperidine rings is 1. The standard InChI is InChI=1S/C33H36N4O2/c1-23-10-14-26(15-11-23)27-16-12-25(13-17-27)21-34-33(39)30-20-28(22-36(30)3)35-32(38)29-9-7-8-24(2)31(29)37-18-5-4-6-19-37/h7-17,20,22H,4-6,18-19,21H2,1-3H3,(H,34,39)(H,35,38). The molecule has 0 spiro atoms. The first kappa shape index (κ1) is 26.3. The van der Waals surface area contributed by atoms with Crippen LogP contribution >= 0.6 is 0 Å². The van der Waals surface area contributed by atoms with Gasteiger partial charge in [0.25, 0.3) is 11.8 Å². The summed E-state index contributed by atoms with van der Waals surface area (Å²) in [5.74, 6) is -0.351. The highest BCUT2D eigenvalue weighted by Gasteiger charge is 2.21. The summed E-state index contributed by atoms with van der Waals surface area (Å²) < 4.78 is 1.74. The van der Waals surface area contributed by atoms with E-state index in [0.29, 0.717) is 23.5 Å². The summed E-state index contributed by atoms with van der Waals surface area (Å²) in [6.07, 6.45) is 5.30. The molecule has 6 nitrogen and oxygen atoms in total. The summed E-state index contributed by atoms with van der Waals surface area (Å²) in [5, 5.41) is 6.02. The maximum absolute atomic E-state index is 13.3. The Labute approximate surface area is 230 Å². The first-order valence-corrected chi connectivity index (χ1v) is 13.7. The zero-order chi connectivity index (χ0) is 27.4. The Kier molecular flexibility index (Phi) is 7.82. The van der Waals surface area contributed by atoms with E-state index in [9.17, 15) is 9.59 Å². The molecule has 1 saturated heterocycles. The molecule has 39 heavy (non-hydrogen) atoms. The van der Waals surface area contributed by atoms with Crippen molar-refractivity contribution in [3.05, 3.63) is 107 Å². The van der Waals surface area contributed by atoms with Gasteiger partial charge in [0, 0.05) is 32.9 Å². The molecule has 0 bridgehead atoms. The van der Waals surface area contributed by atoms with Crippen molar-refractivity contribution >= 4 is 23.2 Å². The quantitative estimate of drug-likeness (QED) is 0.293. The minimum absolute atomic E-state index is 0.162. The third kappa shape index (κ3) is 6.06. The number of para-hydroxylation sites is 1. The molecule has 0 atom stereocenters. The summed E-state index contributed by atoms with van der Waals surface area (Å²) in [6.45, 7) is 6.49. The molecule has 200 valence electrons. The van der Waals surface area contributed by atoms with Crippen molar-refractivity contribution in [1.29, 1.82) is 0 Å². The molecule has 1 aromatic heterocycles. The average Bonchev–Trinajstić information content (AvgIpc) is 3.32. The van der Waals surface area contributed by atoms with E-state index in [-0.39, 0.29) is 11.8 Å². The average molecular weight is 521 g/mol. The van der Waals surface area contributed by atoms with Crippen molar-refractivity contribution in [2.45, 2.75) is 39.7 Å². The Morgan fingerprint density at radius 1 is 0.821 bits per heavy atom. The van der Waals surface area contributed by atoms with E-state index in [4.69, 9.17) is 0 Å². The van der Waals surface area contributed by atoms with Crippen molar-refractivity contribution in [1.82, 2.24) is 9.88 Å². The normalized spacial score (nSPS) is 13.3. The van der Waals surface area contributed by atoms with Gasteiger partial charge in [-0.1, -0.05) is 66.2 Å². The third-order valence-corrected chi connectivity index (χ3v) is 7.44. The molecular formula is C33H36N4O2. The monoisotopic (exact) mass is 520 g/mol. The number of nitrogens with zero attached hydrogens (tertiary/aromatic N) is 2. The van der Waals surface area contributed by atoms with Crippen molar-refractivity contribution < 1.29 is 9.59 Å². The molecule has 2 amide bonds. The number of benzene rings is 3. The summed E-state index contributed by atoms with van der Waals surface area (Å²) in [4.78, 5) is 28.6. The van der Waals surface area contributed by atoms with E-state index in [2.05, 4.69) is 71.8 Å². The summed E-state index contributed by atoms with van der Waals surface area (Å²) in [5.41, 5.74) is 8.43. The second-order valence-corrected chi connectivity index (χ2v) is 10.4. The Morgan fingerprint density at radius 3 is 2.18 bits per heavy atom. The Bertz CT molecular complexity index is 1460. The van der Waals surface area contributed by atoms with Crippen LogP contribution in [0.2, 0.25) is 0 Å². The summed E-state index contributed by atoms with van der Waals surface area (Å²) in [7, 11) is 1.81. The van der Waals surface area contributed by atoms with Gasteiger partial charge in [-0.25, -0.2) is 0 Å². The lowest BCUT2D eigenvalue weighted by atomic mass is 10.0. The van der Waals surface area contributed by atoms with Crippen LogP contribution in [0.3, 0.4) is 0 Å². The lowest BCUT2D eigenvalue weighted by molar-refractivity contribution is 0.0942. The number of hydrogen-bond donors (Lipinski definition) is 2. The van der Waals surface area contributed by atoms with Crippen LogP contribution < -0.4 is 15.5 Å². The van der Waals surface area contributed by atoms with Crippen LogP contribution in [0, 0.1) is 13.8 Å². The number of aryl methyl sites for hydroxylation is 3. The van der Waals surface area contributed by atoms with E-state index < -0.39 is 0 Å². The van der Waals surface area contributed by atoms with Gasteiger partial charge in [0.2, 0.25) is 0 Å². The second-order valence-electron chi connectivity index (χ2n) is 10.4. The molecule has 2 N–H and O–H groups in total. The lowest BCUT2D eigenvalue weighted by Crippen LogP contribution is -2.32. The van der Waals surface area contributed by atoms with Crippen LogP contribution in [-0.4, -0.2) is 29.5 Å². The van der Waals surface area contributed by atoms with Gasteiger partial charge in [-0.15, -0.1) is 0 Å². The van der Waals surface area contributed by atoms with Gasteiger partial charge in [0.05, 0.1) is 16.9 Å². The van der Waals surface area contributed by atoms with Crippen molar-refractivity contribution in [3.8, 4) is 11.1 Å². The molecule has 6 heteroatoms. The number of hydrogen-bond acceptors (Lipinski definition) is 3. The largest absolute Gasteiger partial charge is 0.371 e. The van der Waals surface area contributed by atoms with Gasteiger partial charge in [-0.05, 0) is 67.5 Å². The summed E-state index contributed by atoms with van der Waals surface area (Å²) in [6, 6.07) is 24.3.